The maximum atomic E-state index is 14.6. The summed E-state index contributed by atoms with van der Waals surface area (Å²) in [7, 11) is 2.72. The predicted octanol–water partition coefficient (Wildman–Crippen LogP) is 2.94. The highest BCUT2D eigenvalue weighted by Gasteiger charge is 2.23. The molecule has 0 amide bonds. The fourth-order valence-corrected chi connectivity index (χ4v) is 3.21. The molecule has 0 radical (unpaired) electrons. The van der Waals surface area contributed by atoms with E-state index in [0.29, 0.717) is 24.5 Å². The number of rotatable bonds is 5. The standard InChI is InChI=1S/C20H23FN2O3/c1-25-19-13-18(17(21)12-16(19)20(24)26-2)23-10-8-22(9-11-23)14-15-6-4-3-5-7-15/h3-7,12-13H,8-11,14H2,1-2H3. The largest absolute Gasteiger partial charge is 0.496 e. The van der Waals surface area contributed by atoms with Gasteiger partial charge >= 0.3 is 5.97 Å². The minimum Gasteiger partial charge on any atom is -0.496 e. The predicted molar refractivity (Wildman–Crippen MR) is 98.2 cm³/mol. The molecule has 0 saturated carbocycles. The van der Waals surface area contributed by atoms with E-state index in [0.717, 1.165) is 19.6 Å². The van der Waals surface area contributed by atoms with Gasteiger partial charge in [0.25, 0.3) is 0 Å². The number of carbonyl (C=O) groups is 1. The van der Waals surface area contributed by atoms with Gasteiger partial charge in [0, 0.05) is 38.8 Å². The average Bonchev–Trinajstić information content (AvgIpc) is 2.68. The molecule has 0 unspecified atom stereocenters. The molecule has 5 nitrogen and oxygen atoms in total. The summed E-state index contributed by atoms with van der Waals surface area (Å²) < 4.78 is 24.5. The molecule has 2 aromatic carbocycles. The molecule has 1 aliphatic rings. The van der Waals surface area contributed by atoms with E-state index < -0.39 is 11.8 Å². The van der Waals surface area contributed by atoms with Crippen LogP contribution in [0.1, 0.15) is 15.9 Å². The maximum Gasteiger partial charge on any atom is 0.341 e. The lowest BCUT2D eigenvalue weighted by Gasteiger charge is -2.36. The van der Waals surface area contributed by atoms with Crippen LogP contribution in [-0.4, -0.2) is 51.3 Å². The molecule has 0 atom stereocenters. The lowest BCUT2D eigenvalue weighted by Crippen LogP contribution is -2.46. The van der Waals surface area contributed by atoms with Crippen molar-refractivity contribution in [3.63, 3.8) is 0 Å². The van der Waals surface area contributed by atoms with Crippen molar-refractivity contribution >= 4 is 11.7 Å². The van der Waals surface area contributed by atoms with Crippen molar-refractivity contribution in [2.24, 2.45) is 0 Å². The van der Waals surface area contributed by atoms with Gasteiger partial charge < -0.3 is 14.4 Å². The van der Waals surface area contributed by atoms with Gasteiger partial charge in [0.15, 0.2) is 0 Å². The summed E-state index contributed by atoms with van der Waals surface area (Å²) in [6, 6.07) is 13.1. The van der Waals surface area contributed by atoms with Crippen LogP contribution in [0.3, 0.4) is 0 Å². The Balaban J connectivity index is 1.70. The smallest absolute Gasteiger partial charge is 0.341 e. The number of anilines is 1. The van der Waals surface area contributed by atoms with Gasteiger partial charge in [-0.05, 0) is 11.6 Å². The number of piperazine rings is 1. The number of methoxy groups -OCH3 is 2. The van der Waals surface area contributed by atoms with Gasteiger partial charge in [-0.1, -0.05) is 30.3 Å². The Labute approximate surface area is 152 Å². The monoisotopic (exact) mass is 358 g/mol. The van der Waals surface area contributed by atoms with Crippen LogP contribution in [0.25, 0.3) is 0 Å². The Bertz CT molecular complexity index is 759. The highest BCUT2D eigenvalue weighted by atomic mass is 19.1. The number of esters is 1. The Kier molecular flexibility index (Phi) is 5.73. The zero-order chi connectivity index (χ0) is 18.5. The third-order valence-electron chi connectivity index (χ3n) is 4.64. The van der Waals surface area contributed by atoms with Gasteiger partial charge in [0.1, 0.15) is 17.1 Å². The highest BCUT2D eigenvalue weighted by Crippen LogP contribution is 2.30. The van der Waals surface area contributed by atoms with Crippen molar-refractivity contribution in [2.45, 2.75) is 6.54 Å². The van der Waals surface area contributed by atoms with Gasteiger partial charge in [0.2, 0.25) is 0 Å². The van der Waals surface area contributed by atoms with Gasteiger partial charge in [-0.2, -0.15) is 0 Å². The highest BCUT2D eigenvalue weighted by molar-refractivity contribution is 5.93. The topological polar surface area (TPSA) is 42.0 Å². The molecule has 1 aliphatic heterocycles. The average molecular weight is 358 g/mol. The van der Waals surface area contributed by atoms with E-state index in [2.05, 4.69) is 21.8 Å². The number of carbonyl (C=O) groups excluding carboxylic acids is 1. The third-order valence-corrected chi connectivity index (χ3v) is 4.64. The zero-order valence-corrected chi connectivity index (χ0v) is 15.1. The van der Waals surface area contributed by atoms with E-state index in [4.69, 9.17) is 4.74 Å². The van der Waals surface area contributed by atoms with Crippen molar-refractivity contribution < 1.29 is 18.7 Å². The first-order valence-corrected chi connectivity index (χ1v) is 8.59. The minimum absolute atomic E-state index is 0.0963. The quantitative estimate of drug-likeness (QED) is 0.769. The minimum atomic E-state index is -0.611. The number of hydrogen-bond donors (Lipinski definition) is 0. The summed E-state index contributed by atoms with van der Waals surface area (Å²) in [5, 5.41) is 0. The Morgan fingerprint density at radius 1 is 1.08 bits per heavy atom. The lowest BCUT2D eigenvalue weighted by atomic mass is 10.1. The number of ether oxygens (including phenoxy) is 2. The van der Waals surface area contributed by atoms with E-state index in [1.54, 1.807) is 6.07 Å². The first kappa shape index (κ1) is 18.2. The molecular formula is C20H23FN2O3. The van der Waals surface area contributed by atoms with E-state index in [-0.39, 0.29) is 5.56 Å². The summed E-state index contributed by atoms with van der Waals surface area (Å²) in [5.74, 6) is -0.734. The first-order valence-electron chi connectivity index (χ1n) is 8.59. The van der Waals surface area contributed by atoms with Gasteiger partial charge in [-0.25, -0.2) is 9.18 Å². The molecule has 26 heavy (non-hydrogen) atoms. The zero-order valence-electron chi connectivity index (χ0n) is 15.1. The second-order valence-corrected chi connectivity index (χ2v) is 6.24. The molecule has 3 rings (SSSR count). The molecule has 0 aromatic heterocycles. The van der Waals surface area contributed by atoms with Crippen molar-refractivity contribution in [1.82, 2.24) is 4.90 Å². The summed E-state index contributed by atoms with van der Waals surface area (Å²) in [4.78, 5) is 16.1. The van der Waals surface area contributed by atoms with Crippen LogP contribution in [0.5, 0.6) is 5.75 Å². The SMILES string of the molecule is COC(=O)c1cc(F)c(N2CCN(Cc3ccccc3)CC2)cc1OC. The molecule has 2 aromatic rings. The number of hydrogen-bond acceptors (Lipinski definition) is 5. The number of nitrogens with zero attached hydrogens (tertiary/aromatic N) is 2. The molecule has 1 fully saturated rings. The van der Waals surface area contributed by atoms with Crippen LogP contribution >= 0.6 is 0 Å². The molecule has 0 bridgehead atoms. The molecule has 0 N–H and O–H groups in total. The van der Waals surface area contributed by atoms with Crippen LogP contribution in [-0.2, 0) is 11.3 Å². The second kappa shape index (κ2) is 8.19. The number of benzene rings is 2. The Hall–Kier alpha value is -2.60. The molecule has 1 saturated heterocycles. The van der Waals surface area contributed by atoms with Crippen molar-refractivity contribution in [2.75, 3.05) is 45.3 Å². The van der Waals surface area contributed by atoms with E-state index in [1.165, 1.54) is 25.8 Å². The van der Waals surface area contributed by atoms with E-state index in [9.17, 15) is 9.18 Å². The Morgan fingerprint density at radius 2 is 1.77 bits per heavy atom. The van der Waals surface area contributed by atoms with Gasteiger partial charge in [-0.15, -0.1) is 0 Å². The summed E-state index contributed by atoms with van der Waals surface area (Å²) >= 11 is 0. The summed E-state index contributed by atoms with van der Waals surface area (Å²) in [5.41, 5.74) is 1.82. The molecular weight excluding hydrogens is 335 g/mol. The molecule has 6 heteroatoms. The fraction of sp³-hybridized carbons (Fsp3) is 0.350. The van der Waals surface area contributed by atoms with Crippen LogP contribution in [0.15, 0.2) is 42.5 Å². The van der Waals surface area contributed by atoms with Crippen molar-refractivity contribution in [3.8, 4) is 5.75 Å². The van der Waals surface area contributed by atoms with Crippen LogP contribution in [0.4, 0.5) is 10.1 Å². The van der Waals surface area contributed by atoms with Gasteiger partial charge in [0.05, 0.1) is 19.9 Å². The molecule has 138 valence electrons. The van der Waals surface area contributed by atoms with Crippen molar-refractivity contribution in [3.05, 3.63) is 59.4 Å². The van der Waals surface area contributed by atoms with Crippen LogP contribution in [0, 0.1) is 5.82 Å². The van der Waals surface area contributed by atoms with E-state index in [1.807, 2.05) is 23.1 Å². The molecule has 1 heterocycles. The lowest BCUT2D eigenvalue weighted by molar-refractivity contribution is 0.0596. The van der Waals surface area contributed by atoms with Crippen LogP contribution in [0.2, 0.25) is 0 Å². The normalized spacial score (nSPS) is 15.0. The van der Waals surface area contributed by atoms with Crippen molar-refractivity contribution in [1.29, 1.82) is 0 Å². The number of halogens is 1. The van der Waals surface area contributed by atoms with E-state index >= 15 is 0 Å². The first-order chi connectivity index (χ1) is 12.6. The fourth-order valence-electron chi connectivity index (χ4n) is 3.21. The maximum absolute atomic E-state index is 14.6. The second-order valence-electron chi connectivity index (χ2n) is 6.24. The third kappa shape index (κ3) is 3.96. The Morgan fingerprint density at radius 3 is 2.38 bits per heavy atom. The van der Waals surface area contributed by atoms with Crippen LogP contribution < -0.4 is 9.64 Å². The molecule has 0 aliphatic carbocycles. The summed E-state index contributed by atoms with van der Waals surface area (Å²) in [6.45, 7) is 4.00. The summed E-state index contributed by atoms with van der Waals surface area (Å²) in [6.07, 6.45) is 0. The molecule has 0 spiro atoms. The van der Waals surface area contributed by atoms with Gasteiger partial charge in [-0.3, -0.25) is 4.90 Å².